The molecule has 3 aromatic rings. The van der Waals surface area contributed by atoms with Gasteiger partial charge in [-0.15, -0.1) is 6.58 Å². The number of hydrogen-bond donors (Lipinski definition) is 2. The Bertz CT molecular complexity index is 1340. The predicted molar refractivity (Wildman–Crippen MR) is 132 cm³/mol. The highest BCUT2D eigenvalue weighted by Gasteiger charge is 2.52. The van der Waals surface area contributed by atoms with Gasteiger partial charge in [0.25, 0.3) is 5.91 Å². The van der Waals surface area contributed by atoms with Gasteiger partial charge in [-0.25, -0.2) is 9.18 Å². The summed E-state index contributed by atoms with van der Waals surface area (Å²) in [5, 5.41) is 10.9. The minimum atomic E-state index is -0.698. The number of carbonyl (C=O) groups is 2. The molecule has 2 N–H and O–H groups in total. The number of aromatic nitrogens is 1. The standard InChI is InChI=1S/C26H26ClFN4O3/c1-3-8-30(2)9-5-10-31-25(34)22-13-18-17-12-19(27)20(28)14-21(17)29-23(18)24(32(22)26(31)35)15-6-4-7-16(33)11-15/h3-4,6-7,11-12,14,22,24,29,33H,1,5,8-10,13H2,2H3/t22-,24?/m0/s1. The summed E-state index contributed by atoms with van der Waals surface area (Å²) in [4.78, 5) is 35.3. The van der Waals surface area contributed by atoms with Gasteiger partial charge in [0.15, 0.2) is 0 Å². The van der Waals surface area contributed by atoms with Crippen molar-refractivity contribution in [1.82, 2.24) is 19.7 Å². The number of hydrogen-bond acceptors (Lipinski definition) is 4. The first-order valence-electron chi connectivity index (χ1n) is 11.5. The van der Waals surface area contributed by atoms with Gasteiger partial charge >= 0.3 is 6.03 Å². The van der Waals surface area contributed by atoms with Crippen LogP contribution >= 0.6 is 11.6 Å². The summed E-state index contributed by atoms with van der Waals surface area (Å²) in [7, 11) is 1.96. The summed E-state index contributed by atoms with van der Waals surface area (Å²) in [6, 6.07) is 7.82. The summed E-state index contributed by atoms with van der Waals surface area (Å²) >= 11 is 6.08. The van der Waals surface area contributed by atoms with E-state index < -0.39 is 17.9 Å². The maximum Gasteiger partial charge on any atom is 0.328 e. The van der Waals surface area contributed by atoms with Crippen LogP contribution in [0.4, 0.5) is 9.18 Å². The van der Waals surface area contributed by atoms with Crippen molar-refractivity contribution in [1.29, 1.82) is 0 Å². The molecule has 2 aliphatic rings. The Hall–Kier alpha value is -3.36. The van der Waals surface area contributed by atoms with E-state index in [9.17, 15) is 19.1 Å². The summed E-state index contributed by atoms with van der Waals surface area (Å²) in [5.41, 5.74) is 2.72. The van der Waals surface area contributed by atoms with E-state index in [1.807, 2.05) is 13.1 Å². The van der Waals surface area contributed by atoms with Crippen molar-refractivity contribution in [2.75, 3.05) is 26.7 Å². The van der Waals surface area contributed by atoms with Crippen LogP contribution in [0.1, 0.15) is 29.3 Å². The number of amides is 3. The number of nitrogens with one attached hydrogen (secondary N) is 1. The molecular formula is C26H26ClFN4O3. The van der Waals surface area contributed by atoms with Crippen molar-refractivity contribution >= 4 is 34.4 Å². The lowest BCUT2D eigenvalue weighted by atomic mass is 9.89. The summed E-state index contributed by atoms with van der Waals surface area (Å²) in [5.74, 6) is -0.747. The van der Waals surface area contributed by atoms with Gasteiger partial charge in [0, 0.05) is 36.1 Å². The molecule has 0 aliphatic carbocycles. The first-order chi connectivity index (χ1) is 16.8. The number of likely N-dealkylation sites (N-methyl/N-ethyl adjacent to an activating group) is 1. The van der Waals surface area contributed by atoms with Crippen molar-refractivity contribution in [3.63, 3.8) is 0 Å². The zero-order valence-electron chi connectivity index (χ0n) is 19.3. The zero-order valence-corrected chi connectivity index (χ0v) is 20.1. The van der Waals surface area contributed by atoms with Gasteiger partial charge in [0.2, 0.25) is 0 Å². The van der Waals surface area contributed by atoms with Crippen molar-refractivity contribution in [2.45, 2.75) is 24.9 Å². The minimum absolute atomic E-state index is 0.00488. The Labute approximate surface area is 207 Å². The fraction of sp³-hybridized carbons (Fsp3) is 0.308. The molecule has 9 heteroatoms. The number of aromatic amines is 1. The number of H-pyrrole nitrogens is 1. The Morgan fingerprint density at radius 1 is 1.31 bits per heavy atom. The number of imide groups is 1. The molecule has 3 heterocycles. The van der Waals surface area contributed by atoms with Crippen LogP contribution in [0.2, 0.25) is 5.02 Å². The van der Waals surface area contributed by atoms with Crippen LogP contribution in [0.25, 0.3) is 10.9 Å². The average Bonchev–Trinajstić information content (AvgIpc) is 3.28. The highest BCUT2D eigenvalue weighted by Crippen LogP contribution is 2.45. The largest absolute Gasteiger partial charge is 0.508 e. The fourth-order valence-corrected chi connectivity index (χ4v) is 5.40. The van der Waals surface area contributed by atoms with Gasteiger partial charge in [-0.05, 0) is 55.4 Å². The monoisotopic (exact) mass is 496 g/mol. The van der Waals surface area contributed by atoms with Crippen LogP contribution in [0.5, 0.6) is 5.75 Å². The minimum Gasteiger partial charge on any atom is -0.508 e. The molecule has 0 radical (unpaired) electrons. The molecular weight excluding hydrogens is 471 g/mol. The van der Waals surface area contributed by atoms with Gasteiger partial charge in [-0.3, -0.25) is 14.6 Å². The van der Waals surface area contributed by atoms with Crippen molar-refractivity contribution in [3.8, 4) is 5.75 Å². The number of halogens is 2. The van der Waals surface area contributed by atoms with Crippen LogP contribution in [0.15, 0.2) is 49.1 Å². The molecule has 5 rings (SSSR count). The predicted octanol–water partition coefficient (Wildman–Crippen LogP) is 4.45. The molecule has 3 amide bonds. The van der Waals surface area contributed by atoms with E-state index in [0.717, 1.165) is 24.0 Å². The van der Waals surface area contributed by atoms with Crippen LogP contribution in [-0.2, 0) is 11.2 Å². The topological polar surface area (TPSA) is 79.9 Å². The summed E-state index contributed by atoms with van der Waals surface area (Å²) < 4.78 is 14.2. The normalized spacial score (nSPS) is 19.5. The number of benzene rings is 2. The van der Waals surface area contributed by atoms with Crippen LogP contribution in [-0.4, -0.2) is 69.5 Å². The second-order valence-electron chi connectivity index (χ2n) is 9.13. The number of rotatable bonds is 7. The number of carbonyl (C=O) groups excluding carboxylic acids is 2. The fourth-order valence-electron chi connectivity index (χ4n) is 5.23. The second kappa shape index (κ2) is 9.02. The van der Waals surface area contributed by atoms with Crippen LogP contribution in [0.3, 0.4) is 0 Å². The number of fused-ring (bicyclic) bond motifs is 4. The average molecular weight is 497 g/mol. The van der Waals surface area contributed by atoms with Crippen LogP contribution < -0.4 is 0 Å². The van der Waals surface area contributed by atoms with Gasteiger partial charge in [0.1, 0.15) is 23.7 Å². The van der Waals surface area contributed by atoms with E-state index in [-0.39, 0.29) is 22.7 Å². The van der Waals surface area contributed by atoms with Gasteiger partial charge in [-0.2, -0.15) is 0 Å². The van der Waals surface area contributed by atoms with Gasteiger partial charge in [-0.1, -0.05) is 29.8 Å². The molecule has 0 saturated carbocycles. The summed E-state index contributed by atoms with van der Waals surface area (Å²) in [6.45, 7) is 5.49. The van der Waals surface area contributed by atoms with Gasteiger partial charge < -0.3 is 15.0 Å². The Kier molecular flexibility index (Phi) is 6.02. The molecule has 1 aromatic heterocycles. The van der Waals surface area contributed by atoms with E-state index in [0.29, 0.717) is 36.2 Å². The molecule has 1 unspecified atom stereocenters. The molecule has 0 spiro atoms. The molecule has 0 bridgehead atoms. The Balaban J connectivity index is 1.56. The lowest BCUT2D eigenvalue weighted by molar-refractivity contribution is -0.128. The first-order valence-corrected chi connectivity index (χ1v) is 11.9. The molecule has 2 aromatic carbocycles. The maximum atomic E-state index is 14.2. The highest BCUT2D eigenvalue weighted by molar-refractivity contribution is 6.31. The third-order valence-electron chi connectivity index (χ3n) is 6.82. The number of nitrogens with zero attached hydrogens (tertiary/aromatic N) is 3. The Morgan fingerprint density at radius 3 is 2.86 bits per heavy atom. The molecule has 2 atom stereocenters. The second-order valence-corrected chi connectivity index (χ2v) is 9.54. The van der Waals surface area contributed by atoms with E-state index in [4.69, 9.17) is 11.6 Å². The number of aromatic hydroxyl groups is 1. The molecule has 182 valence electrons. The molecule has 1 saturated heterocycles. The molecule has 1 fully saturated rings. The lowest BCUT2D eigenvalue weighted by Crippen LogP contribution is -2.44. The number of urea groups is 1. The maximum absolute atomic E-state index is 14.2. The molecule has 35 heavy (non-hydrogen) atoms. The van der Waals surface area contributed by atoms with Crippen molar-refractivity contribution < 1.29 is 19.1 Å². The van der Waals surface area contributed by atoms with Crippen molar-refractivity contribution in [2.24, 2.45) is 0 Å². The van der Waals surface area contributed by atoms with E-state index in [1.165, 1.54) is 11.0 Å². The van der Waals surface area contributed by atoms with E-state index in [2.05, 4.69) is 16.5 Å². The smallest absolute Gasteiger partial charge is 0.328 e. The zero-order chi connectivity index (χ0) is 24.9. The van der Waals surface area contributed by atoms with Crippen molar-refractivity contribution in [3.05, 3.63) is 76.7 Å². The third-order valence-corrected chi connectivity index (χ3v) is 7.11. The van der Waals surface area contributed by atoms with E-state index in [1.54, 1.807) is 35.2 Å². The van der Waals surface area contributed by atoms with Gasteiger partial charge in [0.05, 0.1) is 5.02 Å². The van der Waals surface area contributed by atoms with Crippen LogP contribution in [0, 0.1) is 5.82 Å². The summed E-state index contributed by atoms with van der Waals surface area (Å²) in [6.07, 6.45) is 2.74. The lowest BCUT2D eigenvalue weighted by Gasteiger charge is -2.36. The highest BCUT2D eigenvalue weighted by atomic mass is 35.5. The number of phenols is 1. The Morgan fingerprint density at radius 2 is 2.11 bits per heavy atom. The molecule has 7 nitrogen and oxygen atoms in total. The third kappa shape index (κ3) is 3.96. The molecule has 2 aliphatic heterocycles. The van der Waals surface area contributed by atoms with E-state index >= 15 is 0 Å². The number of phenolic OH excluding ortho intramolecular Hbond substituents is 1. The first kappa shape index (κ1) is 23.4. The SMILES string of the molecule is C=CCN(C)CCCN1C(=O)[C@@H]2Cc3c([nH]c4cc(F)c(Cl)cc34)C(c3cccc(O)c3)N2C1=O. The quantitative estimate of drug-likeness (QED) is 0.374.